The van der Waals surface area contributed by atoms with Crippen molar-refractivity contribution in [3.63, 3.8) is 0 Å². The van der Waals surface area contributed by atoms with Gasteiger partial charge in [0.15, 0.2) is 0 Å². The van der Waals surface area contributed by atoms with E-state index in [1.165, 1.54) is 12.8 Å². The highest BCUT2D eigenvalue weighted by Crippen LogP contribution is 2.03. The lowest BCUT2D eigenvalue weighted by Gasteiger charge is -2.04. The first-order valence-corrected chi connectivity index (χ1v) is 5.96. The van der Waals surface area contributed by atoms with Gasteiger partial charge in [-0.05, 0) is 25.8 Å². The maximum atomic E-state index is 5.59. The predicted octanol–water partition coefficient (Wildman–Crippen LogP) is 3.00. The van der Waals surface area contributed by atoms with Gasteiger partial charge < -0.3 is 5.32 Å². The summed E-state index contributed by atoms with van der Waals surface area (Å²) in [5.74, 6) is 1.50. The van der Waals surface area contributed by atoms with Crippen LogP contribution in [0.4, 0.5) is 5.95 Å². The number of alkyl halides is 1. The molecule has 84 valence electrons. The molecule has 0 saturated heterocycles. The molecule has 0 spiro atoms. The number of aryl methyl sites for hydroxylation is 1. The standard InChI is InChI=1S/C11H18ClN3/c1-10-6-9-14-11(15-10)13-8-5-3-2-4-7-12/h6,9H,2-5,7-8H2,1H3,(H,13,14,15). The number of halogens is 1. The van der Waals surface area contributed by atoms with Gasteiger partial charge in [-0.2, -0.15) is 0 Å². The van der Waals surface area contributed by atoms with E-state index in [0.717, 1.165) is 36.9 Å². The Labute approximate surface area is 96.3 Å². The first-order chi connectivity index (χ1) is 7.33. The summed E-state index contributed by atoms with van der Waals surface area (Å²) >= 11 is 5.59. The van der Waals surface area contributed by atoms with Crippen LogP contribution in [0.5, 0.6) is 0 Å². The van der Waals surface area contributed by atoms with Crippen molar-refractivity contribution in [3.05, 3.63) is 18.0 Å². The molecule has 1 rings (SSSR count). The Balaban J connectivity index is 2.10. The molecule has 15 heavy (non-hydrogen) atoms. The quantitative estimate of drug-likeness (QED) is 0.575. The molecule has 1 aromatic heterocycles. The Bertz CT molecular complexity index is 278. The van der Waals surface area contributed by atoms with Gasteiger partial charge in [0.1, 0.15) is 0 Å². The zero-order valence-electron chi connectivity index (χ0n) is 9.17. The number of anilines is 1. The van der Waals surface area contributed by atoms with Crippen molar-refractivity contribution in [1.29, 1.82) is 0 Å². The number of rotatable bonds is 7. The molecule has 0 aliphatic heterocycles. The Kier molecular flexibility index (Phi) is 6.09. The maximum absolute atomic E-state index is 5.59. The van der Waals surface area contributed by atoms with Crippen LogP contribution in [0.2, 0.25) is 0 Å². The summed E-state index contributed by atoms with van der Waals surface area (Å²) in [5, 5.41) is 3.21. The second kappa shape index (κ2) is 7.46. The summed E-state index contributed by atoms with van der Waals surface area (Å²) in [6, 6.07) is 1.89. The third kappa shape index (κ3) is 5.57. The molecule has 0 saturated carbocycles. The molecule has 0 fully saturated rings. The van der Waals surface area contributed by atoms with E-state index in [9.17, 15) is 0 Å². The second-order valence-corrected chi connectivity index (χ2v) is 3.93. The minimum Gasteiger partial charge on any atom is -0.354 e. The number of nitrogens with zero attached hydrogens (tertiary/aromatic N) is 2. The van der Waals surface area contributed by atoms with Gasteiger partial charge in [0.25, 0.3) is 0 Å². The predicted molar refractivity (Wildman–Crippen MR) is 64.4 cm³/mol. The molecule has 0 amide bonds. The Morgan fingerprint density at radius 3 is 2.80 bits per heavy atom. The molecule has 0 aromatic carbocycles. The largest absolute Gasteiger partial charge is 0.354 e. The molecular weight excluding hydrogens is 210 g/mol. The number of nitrogens with one attached hydrogen (secondary N) is 1. The molecular formula is C11H18ClN3. The van der Waals surface area contributed by atoms with E-state index < -0.39 is 0 Å². The smallest absolute Gasteiger partial charge is 0.222 e. The lowest BCUT2D eigenvalue weighted by atomic mass is 10.2. The second-order valence-electron chi connectivity index (χ2n) is 3.55. The van der Waals surface area contributed by atoms with Crippen LogP contribution in [-0.2, 0) is 0 Å². The Hall–Kier alpha value is -0.830. The highest BCUT2D eigenvalue weighted by molar-refractivity contribution is 6.17. The van der Waals surface area contributed by atoms with E-state index >= 15 is 0 Å². The van der Waals surface area contributed by atoms with E-state index in [-0.39, 0.29) is 0 Å². The summed E-state index contributed by atoms with van der Waals surface area (Å²) < 4.78 is 0. The maximum Gasteiger partial charge on any atom is 0.222 e. The fraction of sp³-hybridized carbons (Fsp3) is 0.636. The van der Waals surface area contributed by atoms with Crippen LogP contribution in [0.25, 0.3) is 0 Å². The Morgan fingerprint density at radius 1 is 1.27 bits per heavy atom. The van der Waals surface area contributed by atoms with Gasteiger partial charge in [0.05, 0.1) is 0 Å². The first kappa shape index (κ1) is 12.2. The van der Waals surface area contributed by atoms with Crippen molar-refractivity contribution in [1.82, 2.24) is 9.97 Å². The van der Waals surface area contributed by atoms with Gasteiger partial charge in [0.2, 0.25) is 5.95 Å². The average molecular weight is 228 g/mol. The molecule has 1 heterocycles. The van der Waals surface area contributed by atoms with Crippen LogP contribution in [-0.4, -0.2) is 22.4 Å². The number of unbranched alkanes of at least 4 members (excludes halogenated alkanes) is 3. The molecule has 0 unspecified atom stereocenters. The van der Waals surface area contributed by atoms with Crippen LogP contribution in [0, 0.1) is 6.92 Å². The molecule has 4 heteroatoms. The van der Waals surface area contributed by atoms with Crippen molar-refractivity contribution in [2.75, 3.05) is 17.7 Å². The summed E-state index contributed by atoms with van der Waals surface area (Å²) in [6.07, 6.45) is 6.46. The fourth-order valence-corrected chi connectivity index (χ4v) is 1.50. The molecule has 0 atom stereocenters. The van der Waals surface area contributed by atoms with E-state index in [1.54, 1.807) is 6.20 Å². The molecule has 0 radical (unpaired) electrons. The van der Waals surface area contributed by atoms with Crippen molar-refractivity contribution in [2.45, 2.75) is 32.6 Å². The lowest BCUT2D eigenvalue weighted by molar-refractivity contribution is 0.685. The van der Waals surface area contributed by atoms with Crippen molar-refractivity contribution in [3.8, 4) is 0 Å². The van der Waals surface area contributed by atoms with Crippen LogP contribution in [0.15, 0.2) is 12.3 Å². The van der Waals surface area contributed by atoms with Crippen LogP contribution >= 0.6 is 11.6 Å². The molecule has 1 N–H and O–H groups in total. The van der Waals surface area contributed by atoms with E-state index in [1.807, 2.05) is 13.0 Å². The van der Waals surface area contributed by atoms with Crippen molar-refractivity contribution >= 4 is 17.5 Å². The monoisotopic (exact) mass is 227 g/mol. The number of aromatic nitrogens is 2. The average Bonchev–Trinajstić information content (AvgIpc) is 2.23. The normalized spacial score (nSPS) is 10.3. The Morgan fingerprint density at radius 2 is 2.07 bits per heavy atom. The van der Waals surface area contributed by atoms with Gasteiger partial charge >= 0.3 is 0 Å². The van der Waals surface area contributed by atoms with Gasteiger partial charge in [-0.1, -0.05) is 12.8 Å². The summed E-state index contributed by atoms with van der Waals surface area (Å²) in [4.78, 5) is 8.39. The van der Waals surface area contributed by atoms with Gasteiger partial charge in [-0.15, -0.1) is 11.6 Å². The van der Waals surface area contributed by atoms with Crippen molar-refractivity contribution < 1.29 is 0 Å². The van der Waals surface area contributed by atoms with Crippen LogP contribution in [0.3, 0.4) is 0 Å². The van der Waals surface area contributed by atoms with E-state index in [2.05, 4.69) is 15.3 Å². The zero-order chi connectivity index (χ0) is 10.9. The van der Waals surface area contributed by atoms with Gasteiger partial charge in [0, 0.05) is 24.3 Å². The SMILES string of the molecule is Cc1ccnc(NCCCCCCCl)n1. The zero-order valence-corrected chi connectivity index (χ0v) is 9.93. The number of hydrogen-bond donors (Lipinski definition) is 1. The van der Waals surface area contributed by atoms with Gasteiger partial charge in [-0.3, -0.25) is 0 Å². The third-order valence-corrected chi connectivity index (χ3v) is 2.41. The topological polar surface area (TPSA) is 37.8 Å². The molecule has 3 nitrogen and oxygen atoms in total. The molecule has 1 aromatic rings. The highest BCUT2D eigenvalue weighted by Gasteiger charge is 1.94. The van der Waals surface area contributed by atoms with E-state index in [0.29, 0.717) is 0 Å². The summed E-state index contributed by atoms with van der Waals surface area (Å²) in [5.41, 5.74) is 0.995. The summed E-state index contributed by atoms with van der Waals surface area (Å²) in [6.45, 7) is 2.90. The third-order valence-electron chi connectivity index (χ3n) is 2.14. The fourth-order valence-electron chi connectivity index (χ4n) is 1.31. The first-order valence-electron chi connectivity index (χ1n) is 5.42. The summed E-state index contributed by atoms with van der Waals surface area (Å²) in [7, 11) is 0. The van der Waals surface area contributed by atoms with Crippen LogP contribution in [0.1, 0.15) is 31.4 Å². The highest BCUT2D eigenvalue weighted by atomic mass is 35.5. The number of hydrogen-bond acceptors (Lipinski definition) is 3. The van der Waals surface area contributed by atoms with Crippen molar-refractivity contribution in [2.24, 2.45) is 0 Å². The molecule has 0 bridgehead atoms. The molecule has 0 aliphatic rings. The minimum absolute atomic E-state index is 0.729. The van der Waals surface area contributed by atoms with E-state index in [4.69, 9.17) is 11.6 Å². The molecule has 0 aliphatic carbocycles. The van der Waals surface area contributed by atoms with Gasteiger partial charge in [-0.25, -0.2) is 9.97 Å². The lowest BCUT2D eigenvalue weighted by Crippen LogP contribution is -2.05. The van der Waals surface area contributed by atoms with Crippen LogP contribution < -0.4 is 5.32 Å². The minimum atomic E-state index is 0.729.